The van der Waals surface area contributed by atoms with Crippen molar-refractivity contribution in [3.05, 3.63) is 124 Å². The Morgan fingerprint density at radius 1 is 0.627 bits per heavy atom. The number of nitrogens with zero attached hydrogens (tertiary/aromatic N) is 2. The fraction of sp³-hybridized carbons (Fsp3) is 0.319. The number of hydrogen-bond donors (Lipinski definition) is 0. The predicted octanol–water partition coefficient (Wildman–Crippen LogP) is 11.6. The largest absolute Gasteiger partial charge is 0.311 e. The molecule has 0 saturated carbocycles. The molecule has 0 fully saturated rings. The highest BCUT2D eigenvalue weighted by Gasteiger charge is 2.46. The lowest BCUT2D eigenvalue weighted by atomic mass is 9.36. The van der Waals surface area contributed by atoms with E-state index in [0.29, 0.717) is 0 Å². The van der Waals surface area contributed by atoms with Crippen LogP contribution < -0.4 is 25.5 Å². The van der Waals surface area contributed by atoms with E-state index in [1.807, 2.05) is 11.3 Å². The van der Waals surface area contributed by atoms with Crippen LogP contribution in [-0.2, 0) is 16.2 Å². The van der Waals surface area contributed by atoms with Gasteiger partial charge in [-0.15, -0.1) is 11.3 Å². The van der Waals surface area contributed by atoms with Gasteiger partial charge in [-0.2, -0.15) is 0 Å². The highest BCUT2D eigenvalue weighted by atomic mass is 32.1. The zero-order valence-electron chi connectivity index (χ0n) is 32.0. The summed E-state index contributed by atoms with van der Waals surface area (Å²) in [6.07, 6.45) is 2.42. The number of thiophene rings is 1. The maximum atomic E-state index is 2.63. The second kappa shape index (κ2) is 10.9. The van der Waals surface area contributed by atoms with E-state index < -0.39 is 0 Å². The maximum absolute atomic E-state index is 2.63. The van der Waals surface area contributed by atoms with Crippen molar-refractivity contribution in [1.82, 2.24) is 0 Å². The average molecular weight is 685 g/mol. The molecule has 3 aliphatic rings. The highest BCUT2D eigenvalue weighted by molar-refractivity contribution is 7.33. The number of aryl methyl sites for hydroxylation is 3. The Kier molecular flexibility index (Phi) is 6.95. The lowest BCUT2D eigenvalue weighted by Gasteiger charge is -2.44. The standard InChI is InChI=1S/C47H49BN2S/c1-28-12-11-13-33(22-28)49-38-23-29(2)14-19-37(38)48-42-39(49)24-30(3)25-40(42)50(32-17-15-31(16-18-32)45(4,5)6)43-34-26-35-36(27-41(34)51-44(43)48)47(9,10)21-20-46(35,7)8/h11-19,22-27H,20-21H2,1-10H3. The summed E-state index contributed by atoms with van der Waals surface area (Å²) in [6, 6.07) is 35.7. The van der Waals surface area contributed by atoms with E-state index in [9.17, 15) is 0 Å². The lowest BCUT2D eigenvalue weighted by Crippen LogP contribution is -2.60. The molecule has 1 aromatic heterocycles. The molecule has 0 saturated heterocycles. The molecule has 4 heteroatoms. The first-order valence-corrected chi connectivity index (χ1v) is 19.6. The number of benzene rings is 5. The summed E-state index contributed by atoms with van der Waals surface area (Å²) in [4.78, 5) is 5.17. The van der Waals surface area contributed by atoms with Crippen LogP contribution in [0.3, 0.4) is 0 Å². The third-order valence-electron chi connectivity index (χ3n) is 12.2. The first kappa shape index (κ1) is 32.6. The molecule has 0 bridgehead atoms. The van der Waals surface area contributed by atoms with Crippen LogP contribution in [-0.4, -0.2) is 6.71 Å². The van der Waals surface area contributed by atoms with Gasteiger partial charge in [-0.3, -0.25) is 0 Å². The molecule has 51 heavy (non-hydrogen) atoms. The molecule has 2 nitrogen and oxygen atoms in total. The molecule has 0 unspecified atom stereocenters. The minimum absolute atomic E-state index is 0.0852. The van der Waals surface area contributed by atoms with E-state index in [0.717, 1.165) is 0 Å². The fourth-order valence-corrected chi connectivity index (χ4v) is 10.5. The minimum Gasteiger partial charge on any atom is -0.311 e. The number of hydrogen-bond acceptors (Lipinski definition) is 3. The van der Waals surface area contributed by atoms with Gasteiger partial charge in [0.1, 0.15) is 0 Å². The van der Waals surface area contributed by atoms with Gasteiger partial charge in [0.2, 0.25) is 0 Å². The van der Waals surface area contributed by atoms with Gasteiger partial charge in [0.05, 0.1) is 5.69 Å². The molecule has 6 aromatic rings. The Labute approximate surface area is 309 Å². The number of fused-ring (bicyclic) bond motifs is 7. The van der Waals surface area contributed by atoms with Crippen molar-refractivity contribution >= 4 is 78.0 Å². The van der Waals surface area contributed by atoms with E-state index in [1.165, 1.54) is 106 Å². The zero-order chi connectivity index (χ0) is 35.8. The Morgan fingerprint density at radius 3 is 1.92 bits per heavy atom. The molecule has 0 spiro atoms. The third-order valence-corrected chi connectivity index (χ3v) is 13.4. The molecule has 2 aliphatic heterocycles. The summed E-state index contributed by atoms with van der Waals surface area (Å²) in [5.74, 6) is 0. The summed E-state index contributed by atoms with van der Waals surface area (Å²) in [6.45, 7) is 23.6. The summed E-state index contributed by atoms with van der Waals surface area (Å²) < 4.78 is 2.86. The van der Waals surface area contributed by atoms with Gasteiger partial charge in [-0.25, -0.2) is 0 Å². The predicted molar refractivity (Wildman–Crippen MR) is 224 cm³/mol. The van der Waals surface area contributed by atoms with Crippen LogP contribution in [0.1, 0.15) is 94.7 Å². The van der Waals surface area contributed by atoms with Gasteiger partial charge >= 0.3 is 0 Å². The van der Waals surface area contributed by atoms with Crippen LogP contribution in [0.15, 0.2) is 91.0 Å². The van der Waals surface area contributed by atoms with Crippen LogP contribution in [0.2, 0.25) is 0 Å². The second-order valence-corrected chi connectivity index (χ2v) is 19.1. The van der Waals surface area contributed by atoms with Crippen LogP contribution >= 0.6 is 11.3 Å². The van der Waals surface area contributed by atoms with Crippen molar-refractivity contribution in [3.8, 4) is 0 Å². The van der Waals surface area contributed by atoms with Crippen molar-refractivity contribution in [3.63, 3.8) is 0 Å². The Bertz CT molecular complexity index is 2400. The van der Waals surface area contributed by atoms with Crippen LogP contribution in [0.5, 0.6) is 0 Å². The van der Waals surface area contributed by atoms with Crippen molar-refractivity contribution < 1.29 is 0 Å². The Hall–Kier alpha value is -4.28. The molecule has 0 N–H and O–H groups in total. The van der Waals surface area contributed by atoms with E-state index in [2.05, 4.69) is 170 Å². The van der Waals surface area contributed by atoms with E-state index in [1.54, 1.807) is 0 Å². The first-order chi connectivity index (χ1) is 24.1. The van der Waals surface area contributed by atoms with Gasteiger partial charge in [-0.05, 0) is 149 Å². The van der Waals surface area contributed by atoms with Crippen LogP contribution in [0.25, 0.3) is 10.1 Å². The first-order valence-electron chi connectivity index (χ1n) is 18.8. The summed E-state index contributed by atoms with van der Waals surface area (Å²) >= 11 is 2.03. The van der Waals surface area contributed by atoms with Gasteiger partial charge < -0.3 is 9.80 Å². The van der Waals surface area contributed by atoms with Crippen LogP contribution in [0, 0.1) is 20.8 Å². The third kappa shape index (κ3) is 4.89. The SMILES string of the molecule is Cc1cccc(N2c3cc(C)ccc3B3c4sc5cc6c(cc5c4N(c4ccc(C(C)(C)C)cc4)c4cc(C)cc2c43)C(C)(C)CCC6(C)C)c1. The van der Waals surface area contributed by atoms with Gasteiger partial charge in [0, 0.05) is 43.3 Å². The number of anilines is 6. The van der Waals surface area contributed by atoms with Crippen LogP contribution in [0.4, 0.5) is 34.1 Å². The molecule has 5 aromatic carbocycles. The molecule has 3 heterocycles. The quantitative estimate of drug-likeness (QED) is 0.167. The molecular weight excluding hydrogens is 635 g/mol. The minimum atomic E-state index is 0.0852. The number of rotatable bonds is 2. The summed E-state index contributed by atoms with van der Waals surface area (Å²) in [5.41, 5.74) is 19.1. The summed E-state index contributed by atoms with van der Waals surface area (Å²) in [7, 11) is 0. The van der Waals surface area contributed by atoms with Crippen molar-refractivity contribution in [1.29, 1.82) is 0 Å². The zero-order valence-corrected chi connectivity index (χ0v) is 32.8. The molecule has 256 valence electrons. The topological polar surface area (TPSA) is 6.48 Å². The Balaban J connectivity index is 1.40. The molecular formula is C47H49BN2S. The average Bonchev–Trinajstić information content (AvgIpc) is 3.44. The van der Waals surface area contributed by atoms with Gasteiger partial charge in [0.15, 0.2) is 0 Å². The van der Waals surface area contributed by atoms with Crippen molar-refractivity contribution in [2.24, 2.45) is 0 Å². The van der Waals surface area contributed by atoms with Crippen molar-refractivity contribution in [2.45, 2.75) is 98.3 Å². The maximum Gasteiger partial charge on any atom is 0.264 e. The molecule has 0 amide bonds. The van der Waals surface area contributed by atoms with Crippen molar-refractivity contribution in [2.75, 3.05) is 9.80 Å². The monoisotopic (exact) mass is 684 g/mol. The highest BCUT2D eigenvalue weighted by Crippen LogP contribution is 2.52. The molecule has 0 radical (unpaired) electrons. The van der Waals surface area contributed by atoms with E-state index in [4.69, 9.17) is 0 Å². The summed E-state index contributed by atoms with van der Waals surface area (Å²) in [5, 5.41) is 1.39. The van der Waals surface area contributed by atoms with E-state index in [-0.39, 0.29) is 23.0 Å². The molecule has 1 aliphatic carbocycles. The molecule has 0 atom stereocenters. The Morgan fingerprint density at radius 2 is 1.25 bits per heavy atom. The lowest BCUT2D eigenvalue weighted by molar-refractivity contribution is 0.332. The normalized spacial score (nSPS) is 16.9. The fourth-order valence-electron chi connectivity index (χ4n) is 9.21. The second-order valence-electron chi connectivity index (χ2n) is 18.0. The van der Waals surface area contributed by atoms with Gasteiger partial charge in [0.25, 0.3) is 6.71 Å². The van der Waals surface area contributed by atoms with E-state index >= 15 is 0 Å². The smallest absolute Gasteiger partial charge is 0.264 e. The van der Waals surface area contributed by atoms with Gasteiger partial charge in [-0.1, -0.05) is 84.9 Å². The molecule has 9 rings (SSSR count).